The number of hydrogen-bond donors (Lipinski definition) is 3. The van der Waals surface area contributed by atoms with Gasteiger partial charge in [0, 0.05) is 12.5 Å². The molecule has 0 spiro atoms. The molecule has 0 fully saturated rings. The number of rotatable bonds is 2. The van der Waals surface area contributed by atoms with E-state index in [9.17, 15) is 0 Å². The summed E-state index contributed by atoms with van der Waals surface area (Å²) in [6, 6.07) is 7.85. The summed E-state index contributed by atoms with van der Waals surface area (Å²) in [7, 11) is 1.00. The van der Waals surface area contributed by atoms with E-state index in [1.165, 1.54) is 11.3 Å². The quantitative estimate of drug-likeness (QED) is 0.628. The minimum Gasteiger partial charge on any atom is -0.400 e. The van der Waals surface area contributed by atoms with Crippen LogP contribution in [0.3, 0.4) is 0 Å². The predicted octanol–water partition coefficient (Wildman–Crippen LogP) is 2.45. The van der Waals surface area contributed by atoms with Crippen LogP contribution in [-0.4, -0.2) is 22.2 Å². The molecule has 0 aliphatic carbocycles. The molecule has 5 N–H and O–H groups in total. The van der Waals surface area contributed by atoms with Gasteiger partial charge in [0.1, 0.15) is 17.1 Å². The first-order valence-corrected chi connectivity index (χ1v) is 7.31. The number of aliphatic hydroxyl groups is 1. The highest BCUT2D eigenvalue weighted by Gasteiger charge is 2.11. The number of benzene rings is 1. The van der Waals surface area contributed by atoms with Crippen molar-refractivity contribution in [3.8, 4) is 0 Å². The van der Waals surface area contributed by atoms with Crippen LogP contribution < -0.4 is 11.6 Å². The summed E-state index contributed by atoms with van der Waals surface area (Å²) in [4.78, 5) is 13.3. The fourth-order valence-electron chi connectivity index (χ4n) is 1.80. The number of anilines is 1. The first kappa shape index (κ1) is 17.3. The highest BCUT2D eigenvalue weighted by atomic mass is 32.1. The molecule has 3 aromatic rings. The fraction of sp³-hybridized carbons (Fsp3) is 0.286. The highest BCUT2D eigenvalue weighted by molar-refractivity contribution is 7.19. The van der Waals surface area contributed by atoms with Gasteiger partial charge in [-0.2, -0.15) is 0 Å². The van der Waals surface area contributed by atoms with E-state index in [4.69, 9.17) is 16.7 Å². The van der Waals surface area contributed by atoms with E-state index in [2.05, 4.69) is 14.8 Å². The van der Waals surface area contributed by atoms with Crippen molar-refractivity contribution in [1.29, 1.82) is 0 Å². The van der Waals surface area contributed by atoms with Gasteiger partial charge >= 0.3 is 0 Å². The molecule has 21 heavy (non-hydrogen) atoms. The third kappa shape index (κ3) is 3.64. The molecule has 0 atom stereocenters. The van der Waals surface area contributed by atoms with Gasteiger partial charge in [0.05, 0.1) is 10.2 Å². The fourth-order valence-corrected chi connectivity index (χ4v) is 2.83. The van der Waals surface area contributed by atoms with E-state index < -0.39 is 0 Å². The molecular formula is C14H20N4O2S. The van der Waals surface area contributed by atoms with Crippen molar-refractivity contribution in [3.05, 3.63) is 29.3 Å². The second-order valence-electron chi connectivity index (χ2n) is 3.61. The summed E-state index contributed by atoms with van der Waals surface area (Å²) in [6.45, 7) is 4.28. The van der Waals surface area contributed by atoms with Gasteiger partial charge in [0.2, 0.25) is 0 Å². The number of aliphatic hydroxyl groups excluding tert-OH is 1. The molecule has 7 heteroatoms. The minimum atomic E-state index is 0.285. The topological polar surface area (TPSA) is 107 Å². The number of nitrogens with zero attached hydrogens (tertiary/aromatic N) is 2. The van der Waals surface area contributed by atoms with Gasteiger partial charge in [-0.25, -0.2) is 15.9 Å². The Morgan fingerprint density at radius 2 is 1.86 bits per heavy atom. The lowest BCUT2D eigenvalue weighted by atomic mass is 10.2. The maximum Gasteiger partial charge on any atom is 0.151 e. The summed E-state index contributed by atoms with van der Waals surface area (Å²) in [5.41, 5.74) is 7.49. The zero-order chi connectivity index (χ0) is 15.8. The number of nitrogen functional groups attached to an aromatic ring is 1. The normalized spacial score (nSPS) is 9.76. The van der Waals surface area contributed by atoms with Crippen LogP contribution in [0.1, 0.15) is 18.9 Å². The Balaban J connectivity index is 0.000000510. The molecule has 1 aromatic carbocycles. The maximum atomic E-state index is 7.00. The van der Waals surface area contributed by atoms with E-state index in [-0.39, 0.29) is 6.61 Å². The van der Waals surface area contributed by atoms with Gasteiger partial charge in [-0.1, -0.05) is 32.0 Å². The van der Waals surface area contributed by atoms with E-state index >= 15 is 0 Å². The third-order valence-corrected chi connectivity index (χ3v) is 3.57. The van der Waals surface area contributed by atoms with Crippen LogP contribution in [0.4, 0.5) is 5.82 Å². The Morgan fingerprint density at radius 3 is 2.52 bits per heavy atom. The van der Waals surface area contributed by atoms with Crippen molar-refractivity contribution >= 4 is 38.3 Å². The molecule has 0 saturated carbocycles. The molecule has 0 unspecified atom stereocenters. The Bertz CT molecular complexity index is 700. The van der Waals surface area contributed by atoms with Crippen LogP contribution in [-0.2, 0) is 11.4 Å². The van der Waals surface area contributed by atoms with Gasteiger partial charge in [-0.05, 0) is 6.07 Å². The van der Waals surface area contributed by atoms with Gasteiger partial charge in [0.25, 0.3) is 0 Å². The molecule has 0 aliphatic heterocycles. The Morgan fingerprint density at radius 1 is 1.19 bits per heavy atom. The van der Waals surface area contributed by atoms with Crippen molar-refractivity contribution in [1.82, 2.24) is 9.97 Å². The molecule has 0 bridgehead atoms. The zero-order valence-corrected chi connectivity index (χ0v) is 13.1. The lowest BCUT2D eigenvalue weighted by Gasteiger charge is -1.99. The van der Waals surface area contributed by atoms with Crippen LogP contribution in [0.2, 0.25) is 0 Å². The Labute approximate surface area is 127 Å². The zero-order valence-electron chi connectivity index (χ0n) is 12.3. The summed E-state index contributed by atoms with van der Waals surface area (Å²) < 4.78 is 1.03. The number of pyridine rings is 1. The molecule has 2 aromatic heterocycles. The molecular weight excluding hydrogens is 288 g/mol. The Kier molecular flexibility index (Phi) is 6.97. The summed E-state index contributed by atoms with van der Waals surface area (Å²) in [6.07, 6.45) is 0. The van der Waals surface area contributed by atoms with Gasteiger partial charge in [0.15, 0.2) is 5.82 Å². The SMILES string of the molecule is CC.CO.NOCc1nc2c(N)nc3ccccc3c2s1. The number of thiazole rings is 1. The second kappa shape index (κ2) is 8.48. The molecule has 114 valence electrons. The van der Waals surface area contributed by atoms with Crippen molar-refractivity contribution in [2.75, 3.05) is 12.8 Å². The number of hydrogen-bond acceptors (Lipinski definition) is 7. The molecule has 2 heterocycles. The van der Waals surface area contributed by atoms with E-state index in [0.29, 0.717) is 5.82 Å². The Hall–Kier alpha value is -1.80. The predicted molar refractivity (Wildman–Crippen MR) is 87.8 cm³/mol. The monoisotopic (exact) mass is 308 g/mol. The first-order valence-electron chi connectivity index (χ1n) is 6.49. The lowest BCUT2D eigenvalue weighted by molar-refractivity contribution is 0.124. The molecule has 0 amide bonds. The number of para-hydroxylation sites is 1. The van der Waals surface area contributed by atoms with Gasteiger partial charge in [-0.3, -0.25) is 4.84 Å². The van der Waals surface area contributed by atoms with Crippen LogP contribution in [0, 0.1) is 0 Å². The second-order valence-corrected chi connectivity index (χ2v) is 4.69. The van der Waals surface area contributed by atoms with Crippen molar-refractivity contribution < 1.29 is 9.94 Å². The molecule has 0 saturated heterocycles. The maximum absolute atomic E-state index is 7.00. The largest absolute Gasteiger partial charge is 0.400 e. The van der Waals surface area contributed by atoms with E-state index in [1.807, 2.05) is 38.1 Å². The van der Waals surface area contributed by atoms with Crippen molar-refractivity contribution in [2.24, 2.45) is 5.90 Å². The van der Waals surface area contributed by atoms with Crippen molar-refractivity contribution in [2.45, 2.75) is 20.5 Å². The first-order chi connectivity index (χ1) is 10.3. The molecule has 0 radical (unpaired) electrons. The summed E-state index contributed by atoms with van der Waals surface area (Å²) >= 11 is 1.53. The van der Waals surface area contributed by atoms with Gasteiger partial charge < -0.3 is 10.8 Å². The third-order valence-electron chi connectivity index (χ3n) is 2.51. The average molecular weight is 308 g/mol. The average Bonchev–Trinajstić information content (AvgIpc) is 2.97. The van der Waals surface area contributed by atoms with Gasteiger partial charge in [-0.15, -0.1) is 11.3 Å². The summed E-state index contributed by atoms with van der Waals surface area (Å²) in [5, 5.41) is 8.85. The number of fused-ring (bicyclic) bond motifs is 3. The van der Waals surface area contributed by atoms with Crippen LogP contribution in [0.15, 0.2) is 24.3 Å². The van der Waals surface area contributed by atoms with Crippen molar-refractivity contribution in [3.63, 3.8) is 0 Å². The van der Waals surface area contributed by atoms with E-state index in [1.54, 1.807) is 0 Å². The molecule has 6 nitrogen and oxygen atoms in total. The number of nitrogens with two attached hydrogens (primary N) is 2. The smallest absolute Gasteiger partial charge is 0.151 e. The van der Waals surface area contributed by atoms with Crippen LogP contribution >= 0.6 is 11.3 Å². The standard InChI is InChI=1S/C11H10N4OS.C2H6.CH4O/c12-11-9-10(17-8(15-9)5-16-13)6-3-1-2-4-7(6)14-11;2*1-2/h1-4H,5,13H2,(H2,12,14);1-2H3;2H,1H3. The van der Waals surface area contributed by atoms with Crippen LogP contribution in [0.25, 0.3) is 21.1 Å². The lowest BCUT2D eigenvalue weighted by Crippen LogP contribution is -1.98. The summed E-state index contributed by atoms with van der Waals surface area (Å²) in [5.74, 6) is 5.50. The van der Waals surface area contributed by atoms with E-state index in [0.717, 1.165) is 33.2 Å². The highest BCUT2D eigenvalue weighted by Crippen LogP contribution is 2.32. The van der Waals surface area contributed by atoms with Crippen LogP contribution in [0.5, 0.6) is 0 Å². The minimum absolute atomic E-state index is 0.285. The molecule has 0 aliphatic rings. The molecule has 3 rings (SSSR count). The number of aromatic nitrogens is 2.